The molecule has 0 spiro atoms. The summed E-state index contributed by atoms with van der Waals surface area (Å²) in [6.45, 7) is 7.26. The number of aromatic nitrogens is 2. The smallest absolute Gasteiger partial charge is 0.259 e. The maximum atomic E-state index is 13.9. The molecule has 1 heterocycles. The van der Waals surface area contributed by atoms with Crippen LogP contribution in [0.15, 0.2) is 30.5 Å². The van der Waals surface area contributed by atoms with Crippen molar-refractivity contribution in [3.8, 4) is 0 Å². The van der Waals surface area contributed by atoms with Crippen LogP contribution in [0.2, 0.25) is 0 Å². The van der Waals surface area contributed by atoms with E-state index in [-0.39, 0.29) is 17.0 Å². The minimum absolute atomic E-state index is 0.165. The van der Waals surface area contributed by atoms with E-state index >= 15 is 0 Å². The summed E-state index contributed by atoms with van der Waals surface area (Å²) in [5.74, 6) is -1.28. The Hall–Kier alpha value is -2.70. The summed E-state index contributed by atoms with van der Waals surface area (Å²) in [5, 5.41) is 9.30. The molecule has 23 heavy (non-hydrogen) atoms. The van der Waals surface area contributed by atoms with Crippen molar-refractivity contribution in [3.05, 3.63) is 41.8 Å². The number of amides is 2. The van der Waals surface area contributed by atoms with Crippen LogP contribution < -0.4 is 10.6 Å². The fourth-order valence-corrected chi connectivity index (χ4v) is 1.93. The Morgan fingerprint density at radius 2 is 1.87 bits per heavy atom. The lowest BCUT2D eigenvalue weighted by Gasteiger charge is -2.18. The molecule has 2 rings (SSSR count). The van der Waals surface area contributed by atoms with Gasteiger partial charge in [-0.3, -0.25) is 14.3 Å². The number of halogens is 1. The Balaban J connectivity index is 2.20. The molecular weight excluding hydrogens is 299 g/mol. The van der Waals surface area contributed by atoms with E-state index in [0.29, 0.717) is 11.5 Å². The number of carbonyl (C=O) groups excluding carboxylic acids is 2. The number of hydrogen-bond donors (Lipinski definition) is 2. The molecule has 2 N–H and O–H groups in total. The van der Waals surface area contributed by atoms with Crippen LogP contribution in [0.1, 0.15) is 38.1 Å². The average Bonchev–Trinajstić information content (AvgIpc) is 2.88. The van der Waals surface area contributed by atoms with E-state index in [2.05, 4.69) is 15.7 Å². The molecule has 1 aromatic carbocycles. The Bertz CT molecular complexity index is 747. The van der Waals surface area contributed by atoms with E-state index in [4.69, 9.17) is 0 Å². The van der Waals surface area contributed by atoms with Crippen molar-refractivity contribution in [2.24, 2.45) is 0 Å². The molecule has 0 unspecified atom stereocenters. The standard InChI is InChI=1S/C16H19FN4O2/c1-10(22)18-11-5-6-13(17)12(9-11)15(23)19-14-7-8-21(20-14)16(2,3)4/h5-9H,1-4H3,(H,18,22)(H,19,20,23). The van der Waals surface area contributed by atoms with Crippen LogP contribution in [-0.4, -0.2) is 21.6 Å². The molecule has 0 radical (unpaired) electrons. The van der Waals surface area contributed by atoms with Crippen molar-refractivity contribution in [3.63, 3.8) is 0 Å². The van der Waals surface area contributed by atoms with E-state index in [1.165, 1.54) is 19.1 Å². The van der Waals surface area contributed by atoms with Crippen LogP contribution in [0, 0.1) is 5.82 Å². The van der Waals surface area contributed by atoms with Gasteiger partial charge in [0.15, 0.2) is 5.82 Å². The lowest BCUT2D eigenvalue weighted by Crippen LogP contribution is -2.23. The first-order valence-corrected chi connectivity index (χ1v) is 7.11. The zero-order valence-corrected chi connectivity index (χ0v) is 13.5. The highest BCUT2D eigenvalue weighted by molar-refractivity contribution is 6.05. The van der Waals surface area contributed by atoms with Crippen LogP contribution in [0.4, 0.5) is 15.9 Å². The molecule has 0 atom stereocenters. The van der Waals surface area contributed by atoms with Gasteiger partial charge in [-0.05, 0) is 39.0 Å². The molecule has 1 aromatic heterocycles. The van der Waals surface area contributed by atoms with E-state index < -0.39 is 11.7 Å². The summed E-state index contributed by atoms with van der Waals surface area (Å²) in [7, 11) is 0. The van der Waals surface area contributed by atoms with Crippen molar-refractivity contribution >= 4 is 23.3 Å². The second kappa shape index (κ2) is 6.20. The van der Waals surface area contributed by atoms with Gasteiger partial charge >= 0.3 is 0 Å². The first kappa shape index (κ1) is 16.7. The summed E-state index contributed by atoms with van der Waals surface area (Å²) in [6.07, 6.45) is 1.74. The van der Waals surface area contributed by atoms with Gasteiger partial charge in [0.2, 0.25) is 5.91 Å². The lowest BCUT2D eigenvalue weighted by atomic mass is 10.1. The molecule has 0 fully saturated rings. The molecule has 122 valence electrons. The zero-order chi connectivity index (χ0) is 17.2. The normalized spacial score (nSPS) is 11.2. The number of rotatable bonds is 3. The molecule has 0 aliphatic heterocycles. The maximum absolute atomic E-state index is 13.9. The van der Waals surface area contributed by atoms with Gasteiger partial charge in [-0.25, -0.2) is 4.39 Å². The largest absolute Gasteiger partial charge is 0.326 e. The molecule has 0 aliphatic carbocycles. The first-order chi connectivity index (χ1) is 10.7. The third-order valence-electron chi connectivity index (χ3n) is 3.05. The summed E-state index contributed by atoms with van der Waals surface area (Å²) < 4.78 is 15.6. The number of benzene rings is 1. The van der Waals surface area contributed by atoms with Crippen molar-refractivity contribution in [2.45, 2.75) is 33.2 Å². The van der Waals surface area contributed by atoms with Gasteiger partial charge in [0, 0.05) is 24.9 Å². The highest BCUT2D eigenvalue weighted by atomic mass is 19.1. The predicted octanol–water partition coefficient (Wildman–Crippen LogP) is 2.99. The third kappa shape index (κ3) is 4.15. The lowest BCUT2D eigenvalue weighted by molar-refractivity contribution is -0.114. The van der Waals surface area contributed by atoms with Crippen LogP contribution >= 0.6 is 0 Å². The van der Waals surface area contributed by atoms with Crippen molar-refractivity contribution < 1.29 is 14.0 Å². The zero-order valence-electron chi connectivity index (χ0n) is 13.5. The monoisotopic (exact) mass is 318 g/mol. The van der Waals surface area contributed by atoms with E-state index in [1.807, 2.05) is 20.8 Å². The molecule has 0 bridgehead atoms. The van der Waals surface area contributed by atoms with Gasteiger partial charge in [-0.1, -0.05) is 0 Å². The van der Waals surface area contributed by atoms with E-state index in [0.717, 1.165) is 6.07 Å². The quantitative estimate of drug-likeness (QED) is 0.913. The van der Waals surface area contributed by atoms with Crippen LogP contribution in [0.3, 0.4) is 0 Å². The van der Waals surface area contributed by atoms with Gasteiger partial charge in [-0.15, -0.1) is 0 Å². The topological polar surface area (TPSA) is 76.0 Å². The highest BCUT2D eigenvalue weighted by Gasteiger charge is 2.17. The molecule has 2 amide bonds. The Morgan fingerprint density at radius 3 is 2.43 bits per heavy atom. The Kier molecular flexibility index (Phi) is 4.49. The number of carbonyl (C=O) groups is 2. The van der Waals surface area contributed by atoms with Gasteiger partial charge < -0.3 is 10.6 Å². The Morgan fingerprint density at radius 1 is 1.17 bits per heavy atom. The molecule has 7 heteroatoms. The Labute approximate surface area is 133 Å². The molecule has 2 aromatic rings. The van der Waals surface area contributed by atoms with Crippen LogP contribution in [0.5, 0.6) is 0 Å². The minimum Gasteiger partial charge on any atom is -0.326 e. The number of nitrogens with zero attached hydrogens (tertiary/aromatic N) is 2. The highest BCUT2D eigenvalue weighted by Crippen LogP contribution is 2.18. The number of nitrogens with one attached hydrogen (secondary N) is 2. The predicted molar refractivity (Wildman–Crippen MR) is 85.9 cm³/mol. The summed E-state index contributed by atoms with van der Waals surface area (Å²) in [6, 6.07) is 5.45. The first-order valence-electron chi connectivity index (χ1n) is 7.11. The third-order valence-corrected chi connectivity index (χ3v) is 3.05. The molecule has 0 aliphatic rings. The number of anilines is 2. The summed E-state index contributed by atoms with van der Waals surface area (Å²) in [4.78, 5) is 23.3. The van der Waals surface area contributed by atoms with E-state index in [1.54, 1.807) is 16.9 Å². The van der Waals surface area contributed by atoms with Crippen molar-refractivity contribution in [1.29, 1.82) is 0 Å². The fraction of sp³-hybridized carbons (Fsp3) is 0.312. The van der Waals surface area contributed by atoms with Gasteiger partial charge in [-0.2, -0.15) is 5.10 Å². The van der Waals surface area contributed by atoms with Crippen molar-refractivity contribution in [2.75, 3.05) is 10.6 Å². The van der Waals surface area contributed by atoms with Gasteiger partial charge in [0.1, 0.15) is 5.82 Å². The van der Waals surface area contributed by atoms with E-state index in [9.17, 15) is 14.0 Å². The van der Waals surface area contributed by atoms with Crippen LogP contribution in [-0.2, 0) is 10.3 Å². The number of hydrogen-bond acceptors (Lipinski definition) is 3. The molecule has 6 nitrogen and oxygen atoms in total. The average molecular weight is 318 g/mol. The summed E-state index contributed by atoms with van der Waals surface area (Å²) >= 11 is 0. The van der Waals surface area contributed by atoms with Gasteiger partial charge in [0.05, 0.1) is 11.1 Å². The van der Waals surface area contributed by atoms with Crippen molar-refractivity contribution in [1.82, 2.24) is 9.78 Å². The van der Waals surface area contributed by atoms with Crippen LogP contribution in [0.25, 0.3) is 0 Å². The molecular formula is C16H19FN4O2. The second-order valence-electron chi connectivity index (χ2n) is 6.15. The fourth-order valence-electron chi connectivity index (χ4n) is 1.93. The SMILES string of the molecule is CC(=O)Nc1ccc(F)c(C(=O)Nc2ccn(C(C)(C)C)n2)c1. The molecule has 0 saturated heterocycles. The summed E-state index contributed by atoms with van der Waals surface area (Å²) in [5.41, 5.74) is -0.0367. The second-order valence-corrected chi connectivity index (χ2v) is 6.15. The minimum atomic E-state index is -0.674. The maximum Gasteiger partial charge on any atom is 0.259 e. The van der Waals surface area contributed by atoms with Gasteiger partial charge in [0.25, 0.3) is 5.91 Å². The molecule has 0 saturated carbocycles.